The second kappa shape index (κ2) is 7.91. The molecule has 1 aromatic carbocycles. The van der Waals surface area contributed by atoms with Crippen LogP contribution in [0.15, 0.2) is 29.2 Å². The van der Waals surface area contributed by atoms with Crippen molar-refractivity contribution in [1.82, 2.24) is 10.2 Å². The first-order chi connectivity index (χ1) is 10.6. The Hall–Kier alpha value is -1.42. The van der Waals surface area contributed by atoms with Crippen molar-refractivity contribution < 1.29 is 8.42 Å². The van der Waals surface area contributed by atoms with Gasteiger partial charge < -0.3 is 5.32 Å². The maximum atomic E-state index is 12.7. The van der Waals surface area contributed by atoms with Crippen LogP contribution in [0.5, 0.6) is 0 Å². The van der Waals surface area contributed by atoms with Crippen LogP contribution in [0.2, 0.25) is 0 Å². The summed E-state index contributed by atoms with van der Waals surface area (Å²) in [7, 11) is -1.44. The average Bonchev–Trinajstić information content (AvgIpc) is 2.47. The Bertz CT molecular complexity index is 640. The van der Waals surface area contributed by atoms with Gasteiger partial charge in [-0.15, -0.1) is 0 Å². The average molecular weight is 337 g/mol. The Morgan fingerprint density at radius 3 is 2.22 bits per heavy atom. The molecule has 1 aromatic rings. The van der Waals surface area contributed by atoms with E-state index in [1.165, 1.54) is 6.92 Å². The van der Waals surface area contributed by atoms with Crippen LogP contribution in [-0.4, -0.2) is 45.4 Å². The number of rotatable bonds is 2. The Morgan fingerprint density at radius 1 is 1.26 bits per heavy atom. The number of piperazine rings is 1. The predicted octanol–water partition coefficient (Wildman–Crippen LogP) is 2.15. The summed E-state index contributed by atoms with van der Waals surface area (Å²) in [4.78, 5) is 2.31. The summed E-state index contributed by atoms with van der Waals surface area (Å²) >= 11 is 0. The molecule has 1 atom stereocenters. The fourth-order valence-corrected chi connectivity index (χ4v) is 4.18. The van der Waals surface area contributed by atoms with Crippen molar-refractivity contribution in [3.05, 3.63) is 29.8 Å². The van der Waals surface area contributed by atoms with E-state index in [0.29, 0.717) is 11.4 Å². The number of likely N-dealkylation sites (N-methyl/N-ethyl adjacent to an activating group) is 1. The Balaban J connectivity index is 0.000000816. The van der Waals surface area contributed by atoms with Gasteiger partial charge in [0.1, 0.15) is 5.37 Å². The Morgan fingerprint density at radius 2 is 1.78 bits per heavy atom. The third kappa shape index (κ3) is 5.03. The molecule has 0 radical (unpaired) electrons. The normalized spacial score (nSPS) is 19.4. The highest BCUT2D eigenvalue weighted by molar-refractivity contribution is 7.92. The Kier molecular flexibility index (Phi) is 6.75. The fraction of sp³-hybridized carbons (Fsp3) is 0.588. The van der Waals surface area contributed by atoms with Crippen LogP contribution >= 0.6 is 0 Å². The maximum absolute atomic E-state index is 12.7. The van der Waals surface area contributed by atoms with E-state index >= 15 is 0 Å². The number of nitriles is 1. The van der Waals surface area contributed by atoms with Gasteiger partial charge in [-0.05, 0) is 30.2 Å². The van der Waals surface area contributed by atoms with Crippen LogP contribution in [0.3, 0.4) is 0 Å². The summed E-state index contributed by atoms with van der Waals surface area (Å²) in [6.45, 7) is 9.87. The molecular formula is C17H27N3O2S. The minimum absolute atomic E-state index is 0.0332. The topological polar surface area (TPSA) is 73.2 Å². The molecule has 0 amide bonds. The van der Waals surface area contributed by atoms with Crippen LogP contribution in [0.25, 0.3) is 0 Å². The molecule has 1 aliphatic heterocycles. The van der Waals surface area contributed by atoms with Crippen LogP contribution in [0.4, 0.5) is 0 Å². The third-order valence-electron chi connectivity index (χ3n) is 3.86. The van der Waals surface area contributed by atoms with Crippen LogP contribution in [0, 0.1) is 11.3 Å². The lowest BCUT2D eigenvalue weighted by Gasteiger charge is -2.32. The van der Waals surface area contributed by atoms with Crippen molar-refractivity contribution in [3.8, 4) is 6.07 Å². The molecule has 2 rings (SSSR count). The summed E-state index contributed by atoms with van der Waals surface area (Å²) in [6, 6.07) is 9.06. The highest BCUT2D eigenvalue weighted by Crippen LogP contribution is 2.25. The van der Waals surface area contributed by atoms with Crippen molar-refractivity contribution in [2.24, 2.45) is 0 Å². The number of benzene rings is 1. The molecule has 0 aromatic heterocycles. The molecule has 0 spiro atoms. The molecule has 5 nitrogen and oxygen atoms in total. The molecule has 1 saturated heterocycles. The molecule has 1 unspecified atom stereocenters. The zero-order chi connectivity index (χ0) is 17.7. The second-order valence-corrected chi connectivity index (χ2v) is 8.79. The van der Waals surface area contributed by atoms with E-state index in [1.807, 2.05) is 24.1 Å². The first kappa shape index (κ1) is 19.6. The van der Waals surface area contributed by atoms with E-state index in [9.17, 15) is 8.42 Å². The van der Waals surface area contributed by atoms with Gasteiger partial charge in [-0.1, -0.05) is 32.9 Å². The second-order valence-electron chi connectivity index (χ2n) is 6.68. The zero-order valence-electron chi connectivity index (χ0n) is 14.6. The lowest BCUT2D eigenvalue weighted by molar-refractivity contribution is 0.255. The van der Waals surface area contributed by atoms with E-state index in [-0.39, 0.29) is 5.41 Å². The summed E-state index contributed by atoms with van der Waals surface area (Å²) < 4.78 is 25.4. The number of hydrogen-bond acceptors (Lipinski definition) is 5. The smallest absolute Gasteiger partial charge is 0.195 e. The van der Waals surface area contributed by atoms with Crippen LogP contribution < -0.4 is 5.32 Å². The third-order valence-corrected chi connectivity index (χ3v) is 6.03. The molecule has 1 fully saturated rings. The summed E-state index contributed by atoms with van der Waals surface area (Å²) in [5.41, 5.74) is 1.18. The lowest BCUT2D eigenvalue weighted by atomic mass is 9.87. The predicted molar refractivity (Wildman–Crippen MR) is 92.9 cm³/mol. The molecule has 128 valence electrons. The van der Waals surface area contributed by atoms with E-state index < -0.39 is 15.2 Å². The monoisotopic (exact) mass is 337 g/mol. The van der Waals surface area contributed by atoms with Gasteiger partial charge in [-0.3, -0.25) is 4.90 Å². The Labute approximate surface area is 140 Å². The fourth-order valence-electron chi connectivity index (χ4n) is 2.43. The van der Waals surface area contributed by atoms with E-state index in [2.05, 4.69) is 26.1 Å². The molecule has 23 heavy (non-hydrogen) atoms. The van der Waals surface area contributed by atoms with Gasteiger partial charge in [0.2, 0.25) is 0 Å². The van der Waals surface area contributed by atoms with Crippen LogP contribution in [-0.2, 0) is 15.3 Å². The number of nitrogens with zero attached hydrogens (tertiary/aromatic N) is 2. The molecule has 1 aliphatic rings. The van der Waals surface area contributed by atoms with Gasteiger partial charge in [0.25, 0.3) is 0 Å². The van der Waals surface area contributed by atoms with Crippen molar-refractivity contribution in [2.75, 3.05) is 26.7 Å². The quantitative estimate of drug-likeness (QED) is 0.895. The molecule has 0 aliphatic carbocycles. The summed E-state index contributed by atoms with van der Waals surface area (Å²) in [5, 5.41) is 10.0. The van der Waals surface area contributed by atoms with Gasteiger partial charge >= 0.3 is 0 Å². The number of nitrogens with one attached hydrogen (secondary N) is 1. The number of sulfone groups is 1. The van der Waals surface area contributed by atoms with Gasteiger partial charge in [-0.25, -0.2) is 8.42 Å². The molecular weight excluding hydrogens is 310 g/mol. The van der Waals surface area contributed by atoms with Crippen LogP contribution in [0.1, 0.15) is 33.3 Å². The molecule has 6 heteroatoms. The molecule has 0 saturated carbocycles. The molecule has 1 heterocycles. The van der Waals surface area contributed by atoms with Gasteiger partial charge in [0, 0.05) is 26.6 Å². The molecule has 0 bridgehead atoms. The largest absolute Gasteiger partial charge is 0.313 e. The highest BCUT2D eigenvalue weighted by Gasteiger charge is 2.32. The summed E-state index contributed by atoms with van der Waals surface area (Å²) in [5.74, 6) is 0. The standard InChI is InChI=1S/C15H24N2O2S.C2H3N/c1-15(2,3)12-5-7-13(8-6-12)20(18,19)14-11-16-9-10-17(14)4;1-2-3/h5-8,14,16H,9-11H2,1-4H3;1H3. The minimum atomic E-state index is -3.31. The van der Waals surface area contributed by atoms with Crippen molar-refractivity contribution in [2.45, 2.75) is 43.4 Å². The van der Waals surface area contributed by atoms with Crippen molar-refractivity contribution in [3.63, 3.8) is 0 Å². The number of hydrogen-bond donors (Lipinski definition) is 1. The lowest BCUT2D eigenvalue weighted by Crippen LogP contribution is -2.52. The van der Waals surface area contributed by atoms with Gasteiger partial charge in [0.15, 0.2) is 9.84 Å². The first-order valence-electron chi connectivity index (χ1n) is 7.71. The zero-order valence-corrected chi connectivity index (χ0v) is 15.4. The van der Waals surface area contributed by atoms with Crippen molar-refractivity contribution in [1.29, 1.82) is 5.26 Å². The van der Waals surface area contributed by atoms with E-state index in [4.69, 9.17) is 5.26 Å². The van der Waals surface area contributed by atoms with E-state index in [1.54, 1.807) is 18.2 Å². The summed E-state index contributed by atoms with van der Waals surface area (Å²) in [6.07, 6.45) is 0. The SMILES string of the molecule is CC#N.CN1CCNCC1S(=O)(=O)c1ccc(C(C)(C)C)cc1. The van der Waals surface area contributed by atoms with Gasteiger partial charge in [0.05, 0.1) is 11.0 Å². The first-order valence-corrected chi connectivity index (χ1v) is 9.25. The maximum Gasteiger partial charge on any atom is 0.195 e. The van der Waals surface area contributed by atoms with Gasteiger partial charge in [-0.2, -0.15) is 5.26 Å². The molecule has 1 N–H and O–H groups in total. The van der Waals surface area contributed by atoms with E-state index in [0.717, 1.165) is 18.7 Å². The minimum Gasteiger partial charge on any atom is -0.313 e. The van der Waals surface area contributed by atoms with Crippen molar-refractivity contribution >= 4 is 9.84 Å². The highest BCUT2D eigenvalue weighted by atomic mass is 32.2.